The third-order valence-electron chi connectivity index (χ3n) is 3.96. The lowest BCUT2D eigenvalue weighted by Gasteiger charge is -2.30. The topological polar surface area (TPSA) is 49.8 Å². The highest BCUT2D eigenvalue weighted by Gasteiger charge is 2.15. The van der Waals surface area contributed by atoms with Crippen molar-refractivity contribution in [2.45, 2.75) is 26.7 Å². The van der Waals surface area contributed by atoms with Crippen LogP contribution in [0.1, 0.15) is 35.7 Å². The first-order chi connectivity index (χ1) is 9.56. The Kier molecular flexibility index (Phi) is 5.01. The van der Waals surface area contributed by atoms with Crippen molar-refractivity contribution in [1.82, 2.24) is 4.90 Å². The molecule has 1 aliphatic rings. The molecule has 0 saturated carbocycles. The third kappa shape index (κ3) is 3.97. The van der Waals surface area contributed by atoms with Crippen LogP contribution in [0.25, 0.3) is 0 Å². The fraction of sp³-hybridized carbons (Fsp3) is 0.562. The zero-order chi connectivity index (χ0) is 14.5. The minimum Gasteiger partial charge on any atom is -0.492 e. The van der Waals surface area contributed by atoms with Crippen molar-refractivity contribution >= 4 is 5.97 Å². The number of likely N-dealkylation sites (tertiary alicyclic amines) is 1. The molecule has 0 radical (unpaired) electrons. The van der Waals surface area contributed by atoms with Gasteiger partial charge in [-0.15, -0.1) is 0 Å². The van der Waals surface area contributed by atoms with Crippen LogP contribution in [0.5, 0.6) is 5.75 Å². The first-order valence-corrected chi connectivity index (χ1v) is 7.25. The molecule has 0 atom stereocenters. The van der Waals surface area contributed by atoms with E-state index in [-0.39, 0.29) is 0 Å². The Morgan fingerprint density at radius 1 is 1.40 bits per heavy atom. The number of hydrogen-bond donors (Lipinski definition) is 1. The molecule has 1 aromatic carbocycles. The number of carboxylic acids is 1. The highest BCUT2D eigenvalue weighted by molar-refractivity contribution is 5.88. The summed E-state index contributed by atoms with van der Waals surface area (Å²) >= 11 is 0. The Morgan fingerprint density at radius 2 is 2.10 bits per heavy atom. The molecule has 0 spiro atoms. The second kappa shape index (κ2) is 6.75. The Morgan fingerprint density at radius 3 is 2.70 bits per heavy atom. The van der Waals surface area contributed by atoms with Crippen LogP contribution in [-0.2, 0) is 0 Å². The molecule has 1 fully saturated rings. The maximum absolute atomic E-state index is 10.9. The molecule has 1 saturated heterocycles. The van der Waals surface area contributed by atoms with Crippen LogP contribution in [-0.4, -0.2) is 42.2 Å². The van der Waals surface area contributed by atoms with Gasteiger partial charge in [0.1, 0.15) is 12.4 Å². The third-order valence-corrected chi connectivity index (χ3v) is 3.96. The number of carboxylic acid groups (broad SMARTS) is 1. The van der Waals surface area contributed by atoms with E-state index in [0.717, 1.165) is 36.9 Å². The van der Waals surface area contributed by atoms with Crippen molar-refractivity contribution in [2.75, 3.05) is 26.2 Å². The van der Waals surface area contributed by atoms with Crippen molar-refractivity contribution in [3.63, 3.8) is 0 Å². The molecule has 1 N–H and O–H groups in total. The van der Waals surface area contributed by atoms with Crippen LogP contribution >= 0.6 is 0 Å². The van der Waals surface area contributed by atoms with Crippen LogP contribution in [0.4, 0.5) is 0 Å². The molecule has 0 unspecified atom stereocenters. The normalized spacial score (nSPS) is 17.1. The van der Waals surface area contributed by atoms with Gasteiger partial charge in [0.05, 0.1) is 5.56 Å². The average Bonchev–Trinajstić information content (AvgIpc) is 2.42. The summed E-state index contributed by atoms with van der Waals surface area (Å²) in [5.41, 5.74) is 1.18. The number of piperidine rings is 1. The van der Waals surface area contributed by atoms with E-state index in [1.807, 2.05) is 6.92 Å². The van der Waals surface area contributed by atoms with Gasteiger partial charge in [0.15, 0.2) is 0 Å². The summed E-state index contributed by atoms with van der Waals surface area (Å²) in [6, 6.07) is 4.99. The number of ether oxygens (including phenoxy) is 1. The zero-order valence-corrected chi connectivity index (χ0v) is 12.3. The van der Waals surface area contributed by atoms with E-state index < -0.39 is 5.97 Å². The van der Waals surface area contributed by atoms with Gasteiger partial charge in [-0.1, -0.05) is 6.92 Å². The molecule has 110 valence electrons. The van der Waals surface area contributed by atoms with Crippen molar-refractivity contribution in [1.29, 1.82) is 0 Å². The highest BCUT2D eigenvalue weighted by Crippen LogP contribution is 2.20. The SMILES string of the molecule is Cc1cc(C(=O)O)ccc1OCCN1CCC(C)CC1. The fourth-order valence-electron chi connectivity index (χ4n) is 2.51. The van der Waals surface area contributed by atoms with E-state index in [0.29, 0.717) is 12.2 Å². The standard InChI is InChI=1S/C16H23NO3/c1-12-5-7-17(8-6-12)9-10-20-15-4-3-14(16(18)19)11-13(15)2/h3-4,11-12H,5-10H2,1-2H3,(H,18,19). The van der Waals surface area contributed by atoms with Gasteiger partial charge in [-0.05, 0) is 62.5 Å². The predicted molar refractivity (Wildman–Crippen MR) is 78.5 cm³/mol. The van der Waals surface area contributed by atoms with E-state index in [2.05, 4.69) is 11.8 Å². The van der Waals surface area contributed by atoms with Gasteiger partial charge < -0.3 is 9.84 Å². The maximum Gasteiger partial charge on any atom is 0.335 e. The van der Waals surface area contributed by atoms with Crippen LogP contribution in [0, 0.1) is 12.8 Å². The Bertz CT molecular complexity index is 465. The summed E-state index contributed by atoms with van der Waals surface area (Å²) in [5, 5.41) is 8.92. The summed E-state index contributed by atoms with van der Waals surface area (Å²) in [4.78, 5) is 13.3. The maximum atomic E-state index is 10.9. The summed E-state index contributed by atoms with van der Waals surface area (Å²) in [7, 11) is 0. The molecule has 0 aromatic heterocycles. The van der Waals surface area contributed by atoms with Gasteiger partial charge in [0.2, 0.25) is 0 Å². The van der Waals surface area contributed by atoms with Crippen LogP contribution in [0.15, 0.2) is 18.2 Å². The minimum atomic E-state index is -0.901. The van der Waals surface area contributed by atoms with Gasteiger partial charge in [0.25, 0.3) is 0 Å². The lowest BCUT2D eigenvalue weighted by atomic mass is 9.99. The molecular weight excluding hydrogens is 254 g/mol. The molecule has 4 heteroatoms. The number of carbonyl (C=O) groups is 1. The number of aryl methyl sites for hydroxylation is 1. The number of benzene rings is 1. The highest BCUT2D eigenvalue weighted by atomic mass is 16.5. The first-order valence-electron chi connectivity index (χ1n) is 7.25. The predicted octanol–water partition coefficient (Wildman–Crippen LogP) is 2.80. The largest absolute Gasteiger partial charge is 0.492 e. The zero-order valence-electron chi connectivity index (χ0n) is 12.3. The van der Waals surface area contributed by atoms with Gasteiger partial charge >= 0.3 is 5.97 Å². The quantitative estimate of drug-likeness (QED) is 0.899. The molecule has 2 rings (SSSR count). The van der Waals surface area contributed by atoms with E-state index >= 15 is 0 Å². The molecule has 20 heavy (non-hydrogen) atoms. The monoisotopic (exact) mass is 277 g/mol. The number of nitrogens with zero attached hydrogens (tertiary/aromatic N) is 1. The van der Waals surface area contributed by atoms with Crippen LogP contribution in [0.2, 0.25) is 0 Å². The molecule has 0 aliphatic carbocycles. The van der Waals surface area contributed by atoms with E-state index in [1.54, 1.807) is 18.2 Å². The molecule has 1 aromatic rings. The molecule has 4 nitrogen and oxygen atoms in total. The van der Waals surface area contributed by atoms with Crippen molar-refractivity contribution in [3.8, 4) is 5.75 Å². The van der Waals surface area contributed by atoms with Gasteiger partial charge in [0, 0.05) is 6.54 Å². The van der Waals surface area contributed by atoms with E-state index in [1.165, 1.54) is 12.8 Å². The van der Waals surface area contributed by atoms with Gasteiger partial charge in [-0.25, -0.2) is 4.79 Å². The molecule has 0 bridgehead atoms. The van der Waals surface area contributed by atoms with Gasteiger partial charge in [-0.3, -0.25) is 4.90 Å². The first kappa shape index (κ1) is 14.9. The van der Waals surface area contributed by atoms with Crippen LogP contribution < -0.4 is 4.74 Å². The van der Waals surface area contributed by atoms with Gasteiger partial charge in [-0.2, -0.15) is 0 Å². The van der Waals surface area contributed by atoms with Crippen molar-refractivity contribution in [3.05, 3.63) is 29.3 Å². The van der Waals surface area contributed by atoms with Crippen molar-refractivity contribution in [2.24, 2.45) is 5.92 Å². The molecule has 1 aliphatic heterocycles. The smallest absolute Gasteiger partial charge is 0.335 e. The van der Waals surface area contributed by atoms with Crippen LogP contribution in [0.3, 0.4) is 0 Å². The summed E-state index contributed by atoms with van der Waals surface area (Å²) < 4.78 is 5.77. The molecule has 0 amide bonds. The van der Waals surface area contributed by atoms with E-state index in [4.69, 9.17) is 9.84 Å². The summed E-state index contributed by atoms with van der Waals surface area (Å²) in [6.45, 7) is 8.09. The second-order valence-electron chi connectivity index (χ2n) is 5.66. The minimum absolute atomic E-state index is 0.305. The molecule has 1 heterocycles. The Hall–Kier alpha value is -1.55. The summed E-state index contributed by atoms with van der Waals surface area (Å²) in [6.07, 6.45) is 2.54. The average molecular weight is 277 g/mol. The number of hydrogen-bond acceptors (Lipinski definition) is 3. The number of rotatable bonds is 5. The number of aromatic carboxylic acids is 1. The lowest BCUT2D eigenvalue weighted by molar-refractivity contribution is 0.0696. The Labute approximate surface area is 120 Å². The Balaban J connectivity index is 1.81. The second-order valence-corrected chi connectivity index (χ2v) is 5.66. The van der Waals surface area contributed by atoms with Crippen molar-refractivity contribution < 1.29 is 14.6 Å². The summed E-state index contributed by atoms with van der Waals surface area (Å²) in [5.74, 6) is 0.723. The fourth-order valence-corrected chi connectivity index (χ4v) is 2.51. The lowest BCUT2D eigenvalue weighted by Crippen LogP contribution is -2.35. The molecular formula is C16H23NO3. The van der Waals surface area contributed by atoms with E-state index in [9.17, 15) is 4.79 Å².